The molecular weight excluding hydrogens is 126 g/mol. The number of rotatable bonds is 0. The van der Waals surface area contributed by atoms with E-state index in [1.54, 1.807) is 0 Å². The Bertz CT molecular complexity index is 13.5. The van der Waals surface area contributed by atoms with Gasteiger partial charge in [0.1, 0.15) is 0 Å². The molecule has 0 aromatic rings. The molecule has 0 atom stereocenters. The predicted octanol–water partition coefficient (Wildman–Crippen LogP) is -1.72. The Morgan fingerprint density at radius 3 is 1.25 bits per heavy atom. The molecule has 0 saturated carbocycles. The average molecular weight is 131 g/mol. The molecule has 4 radical (unpaired) electrons. The summed E-state index contributed by atoms with van der Waals surface area (Å²) >= 11 is 0. The fourth-order valence-electron chi connectivity index (χ4n) is 0. The van der Waals surface area contributed by atoms with Crippen molar-refractivity contribution in [1.29, 1.82) is 0 Å². The van der Waals surface area contributed by atoms with Gasteiger partial charge in [-0.1, -0.05) is 0 Å². The maximum atomic E-state index is 0. The van der Waals surface area contributed by atoms with Gasteiger partial charge in [-0.05, 0) is 0 Å². The third-order valence-electron chi connectivity index (χ3n) is 0. The van der Waals surface area contributed by atoms with Gasteiger partial charge in [0, 0.05) is 25.5 Å². The van der Waals surface area contributed by atoms with Gasteiger partial charge in [0.05, 0.1) is 0 Å². The molecule has 0 rings (SSSR count). The summed E-state index contributed by atoms with van der Waals surface area (Å²) in [5, 5.41) is 0. The predicted molar refractivity (Wildman–Crippen MR) is 23.7 cm³/mol. The Hall–Kier alpha value is 1.88. The van der Waals surface area contributed by atoms with Gasteiger partial charge < -0.3 is 2.85 Å². The topological polar surface area (TPSA) is 0 Å². The van der Waals surface area contributed by atoms with Crippen LogP contribution in [0.4, 0.5) is 0 Å². The van der Waals surface area contributed by atoms with Gasteiger partial charge in [0.25, 0.3) is 0 Å². The smallest absolute Gasteiger partial charge is 1.00 e. The molecular formula is H5AlBCuMg. The summed E-state index contributed by atoms with van der Waals surface area (Å²) in [4.78, 5) is 0. The molecule has 0 N–H and O–H groups in total. The van der Waals surface area contributed by atoms with Gasteiger partial charge in [-0.2, -0.15) is 0 Å². The molecule has 0 saturated heterocycles. The van der Waals surface area contributed by atoms with Crippen molar-refractivity contribution in [3.63, 3.8) is 0 Å². The summed E-state index contributed by atoms with van der Waals surface area (Å²) in [6, 6.07) is 0. The minimum Gasteiger partial charge on any atom is -1.00 e. The van der Waals surface area contributed by atoms with E-state index in [1.165, 1.54) is 0 Å². The molecule has 0 bridgehead atoms. The van der Waals surface area contributed by atoms with Gasteiger partial charge in [-0.25, -0.2) is 0 Å². The first-order valence-corrected chi connectivity index (χ1v) is 0. The monoisotopic (exact) mass is 130 g/mol. The van der Waals surface area contributed by atoms with Crippen LogP contribution in [0.3, 0.4) is 0 Å². The summed E-state index contributed by atoms with van der Waals surface area (Å²) in [7, 11) is 0. The Morgan fingerprint density at radius 1 is 1.25 bits per heavy atom. The second-order valence-electron chi connectivity index (χ2n) is 0. The van der Waals surface area contributed by atoms with Crippen LogP contribution in [-0.2, 0) is 17.1 Å². The van der Waals surface area contributed by atoms with E-state index >= 15 is 0 Å². The van der Waals surface area contributed by atoms with E-state index in [1.807, 2.05) is 0 Å². The van der Waals surface area contributed by atoms with Crippen molar-refractivity contribution in [3.05, 3.63) is 0 Å². The molecule has 0 aliphatic rings. The first-order chi connectivity index (χ1) is 0. The maximum absolute atomic E-state index is 0. The first kappa shape index (κ1) is 39.6. The molecule has 0 nitrogen and oxygen atoms in total. The van der Waals surface area contributed by atoms with Gasteiger partial charge in [0.2, 0.25) is 0 Å². The van der Waals surface area contributed by atoms with Crippen LogP contribution in [-0.4, -0.2) is 48.8 Å². The summed E-state index contributed by atoms with van der Waals surface area (Å²) in [6.07, 6.45) is 0. The standard InChI is InChI=1S/Al.B.Cu.Mg.5H/q;;;+2;;;;2*-1. The van der Waals surface area contributed by atoms with Crippen molar-refractivity contribution in [2.24, 2.45) is 0 Å². The Morgan fingerprint density at radius 2 is 1.25 bits per heavy atom. The number of hydrogen-bond donors (Lipinski definition) is 0. The van der Waals surface area contributed by atoms with E-state index in [0.29, 0.717) is 0 Å². The molecule has 0 spiro atoms. The zero-order valence-corrected chi connectivity index (χ0v) is 3.94. The SMILES string of the molecule is [AlH3].[B].[Cu].[H-].[H-].[Mg+2]. The molecule has 0 unspecified atom stereocenters. The van der Waals surface area contributed by atoms with Crippen LogP contribution >= 0.6 is 0 Å². The average Bonchev–Trinajstić information content (AvgIpc) is 0. The van der Waals surface area contributed by atoms with E-state index in [4.69, 9.17) is 0 Å². The molecule has 4 heavy (non-hydrogen) atoms. The third kappa shape index (κ3) is 9.10. The molecule has 0 aliphatic heterocycles. The van der Waals surface area contributed by atoms with E-state index in [0.717, 1.165) is 0 Å². The molecule has 0 amide bonds. The van der Waals surface area contributed by atoms with Crippen molar-refractivity contribution in [2.45, 2.75) is 0 Å². The Kier molecular flexibility index (Phi) is 205. The van der Waals surface area contributed by atoms with Gasteiger partial charge >= 0.3 is 23.1 Å². The maximum Gasteiger partial charge on any atom is 2.00 e. The fraction of sp³-hybridized carbons (Fsp3) is 0. The summed E-state index contributed by atoms with van der Waals surface area (Å²) < 4.78 is 0. The van der Waals surface area contributed by atoms with Crippen molar-refractivity contribution in [3.8, 4) is 0 Å². The van der Waals surface area contributed by atoms with Crippen LogP contribution in [0, 0.1) is 0 Å². The largest absolute Gasteiger partial charge is 2.00 e. The van der Waals surface area contributed by atoms with E-state index in [-0.39, 0.29) is 68.7 Å². The van der Waals surface area contributed by atoms with Crippen LogP contribution in [0.5, 0.6) is 0 Å². The molecule has 0 aliphatic carbocycles. The minimum atomic E-state index is 0. The zero-order chi connectivity index (χ0) is 0. The zero-order valence-electron chi connectivity index (χ0n) is 3.59. The first-order valence-electron chi connectivity index (χ1n) is 0. The van der Waals surface area contributed by atoms with E-state index < -0.39 is 0 Å². The minimum absolute atomic E-state index is 0. The van der Waals surface area contributed by atoms with Gasteiger partial charge in [-0.15, -0.1) is 0 Å². The van der Waals surface area contributed by atoms with Crippen molar-refractivity contribution in [2.75, 3.05) is 0 Å². The van der Waals surface area contributed by atoms with E-state index in [9.17, 15) is 0 Å². The van der Waals surface area contributed by atoms with Crippen LogP contribution in [0.1, 0.15) is 2.85 Å². The van der Waals surface area contributed by atoms with E-state index in [2.05, 4.69) is 0 Å². The van der Waals surface area contributed by atoms with Crippen LogP contribution in [0.2, 0.25) is 0 Å². The molecule has 0 aromatic carbocycles. The van der Waals surface area contributed by atoms with Crippen molar-refractivity contribution >= 4 is 48.8 Å². The molecule has 0 heterocycles. The second-order valence-corrected chi connectivity index (χ2v) is 0. The molecule has 0 fully saturated rings. The van der Waals surface area contributed by atoms with Gasteiger partial charge in [0.15, 0.2) is 17.4 Å². The quantitative estimate of drug-likeness (QED) is 0.343. The Balaban J connectivity index is 0. The third-order valence-corrected chi connectivity index (χ3v) is 0. The fourth-order valence-corrected chi connectivity index (χ4v) is 0. The van der Waals surface area contributed by atoms with Crippen molar-refractivity contribution in [1.82, 2.24) is 0 Å². The molecule has 24 valence electrons. The Labute approximate surface area is 68.4 Å². The second kappa shape index (κ2) is 20.8. The summed E-state index contributed by atoms with van der Waals surface area (Å²) in [5.74, 6) is 0. The molecule has 0 aromatic heterocycles. The van der Waals surface area contributed by atoms with Crippen molar-refractivity contribution < 1.29 is 19.9 Å². The number of hydrogen-bond acceptors (Lipinski definition) is 0. The van der Waals surface area contributed by atoms with Crippen LogP contribution in [0.25, 0.3) is 0 Å². The van der Waals surface area contributed by atoms with Gasteiger partial charge in [-0.3, -0.25) is 0 Å². The summed E-state index contributed by atoms with van der Waals surface area (Å²) in [6.45, 7) is 0. The van der Waals surface area contributed by atoms with Crippen LogP contribution < -0.4 is 0 Å². The normalized spacial score (nSPS) is 0. The van der Waals surface area contributed by atoms with Crippen LogP contribution in [0.15, 0.2) is 0 Å². The summed E-state index contributed by atoms with van der Waals surface area (Å²) in [5.41, 5.74) is 0. The molecule has 4 heteroatoms.